The highest BCUT2D eigenvalue weighted by Crippen LogP contribution is 2.25. The van der Waals surface area contributed by atoms with Crippen LogP contribution in [0.15, 0.2) is 102 Å². The van der Waals surface area contributed by atoms with E-state index in [9.17, 15) is 24.0 Å². The van der Waals surface area contributed by atoms with Crippen LogP contribution >= 0.6 is 24.0 Å². The molecule has 19 heteroatoms. The van der Waals surface area contributed by atoms with Gasteiger partial charge < -0.3 is 44.4 Å². The Hall–Kier alpha value is -6.11. The second-order valence-corrected chi connectivity index (χ2v) is 15.8. The van der Waals surface area contributed by atoms with E-state index in [4.69, 9.17) is 46.8 Å². The van der Waals surface area contributed by atoms with Crippen LogP contribution in [0.1, 0.15) is 49.9 Å². The normalized spacial score (nSPS) is 15.6. The molecule has 2 aliphatic heterocycles. The van der Waals surface area contributed by atoms with E-state index in [1.54, 1.807) is 4.68 Å². The molecule has 66 heavy (non-hydrogen) atoms. The number of rotatable bonds is 12. The van der Waals surface area contributed by atoms with Crippen LogP contribution in [0.4, 0.5) is 5.95 Å². The number of carboxylic acid groups (broad SMARTS) is 4. The number of nitrogens with zero attached hydrogens (tertiary/aromatic N) is 7. The lowest BCUT2D eigenvalue weighted by atomic mass is 10.0. The maximum absolute atomic E-state index is 13.1. The molecular formula is C47H59Cl2N7O10. The Kier molecular flexibility index (Phi) is 23.0. The first-order chi connectivity index (χ1) is 31.2. The molecule has 0 bridgehead atoms. The number of benzene rings is 3. The highest BCUT2D eigenvalue weighted by Gasteiger charge is 2.22. The first-order valence-electron chi connectivity index (χ1n) is 21.3. The lowest BCUT2D eigenvalue weighted by Gasteiger charge is -2.23. The Balaban J connectivity index is 0.000000265. The molecule has 0 radical (unpaired) electrons. The maximum Gasteiger partial charge on any atom is 0.328 e. The van der Waals surface area contributed by atoms with E-state index in [1.165, 1.54) is 11.9 Å². The van der Waals surface area contributed by atoms with Gasteiger partial charge in [0.15, 0.2) is 0 Å². The van der Waals surface area contributed by atoms with E-state index in [2.05, 4.69) is 57.6 Å². The van der Waals surface area contributed by atoms with Gasteiger partial charge in [-0.25, -0.2) is 28.8 Å². The lowest BCUT2D eigenvalue weighted by molar-refractivity contribution is -0.134. The number of aliphatic carboxylic acids is 4. The number of hydrogen-bond acceptors (Lipinski definition) is 11. The molecular weight excluding hydrogens is 893 g/mol. The molecule has 4 N–H and O–H groups in total. The van der Waals surface area contributed by atoms with Crippen molar-refractivity contribution in [3.05, 3.63) is 124 Å². The minimum atomic E-state index is -1.26. The molecule has 0 saturated carbocycles. The van der Waals surface area contributed by atoms with Crippen LogP contribution in [-0.2, 0) is 36.9 Å². The highest BCUT2D eigenvalue weighted by molar-refractivity contribution is 6.30. The number of imidazole rings is 1. The number of likely N-dealkylation sites (tertiary alicyclic amines) is 1. The van der Waals surface area contributed by atoms with Crippen LogP contribution < -0.4 is 10.5 Å². The van der Waals surface area contributed by atoms with Gasteiger partial charge in [-0.1, -0.05) is 54.1 Å². The Morgan fingerprint density at radius 2 is 1.30 bits per heavy atom. The minimum Gasteiger partial charge on any atom is -0.478 e. The van der Waals surface area contributed by atoms with Crippen molar-refractivity contribution in [2.45, 2.75) is 51.6 Å². The molecule has 0 spiro atoms. The summed E-state index contributed by atoms with van der Waals surface area (Å²) < 4.78 is 9.64. The van der Waals surface area contributed by atoms with Gasteiger partial charge in [0.1, 0.15) is 0 Å². The van der Waals surface area contributed by atoms with E-state index in [-0.39, 0.29) is 24.0 Å². The van der Waals surface area contributed by atoms with Gasteiger partial charge in [-0.3, -0.25) is 4.79 Å². The van der Waals surface area contributed by atoms with Crippen LogP contribution in [0.25, 0.3) is 21.8 Å². The fraction of sp³-hybridized carbons (Fsp3) is 0.383. The fourth-order valence-electron chi connectivity index (χ4n) is 7.27. The second kappa shape index (κ2) is 28.0. The number of carbonyl (C=O) groups is 4. The molecule has 4 heterocycles. The molecule has 1 atom stereocenters. The van der Waals surface area contributed by atoms with Crippen LogP contribution in [0.3, 0.4) is 0 Å². The van der Waals surface area contributed by atoms with Gasteiger partial charge >= 0.3 is 23.9 Å². The number of para-hydroxylation sites is 2. The van der Waals surface area contributed by atoms with Gasteiger partial charge in [0, 0.05) is 73.9 Å². The van der Waals surface area contributed by atoms with Crippen molar-refractivity contribution in [1.82, 2.24) is 29.1 Å². The Bertz CT molecular complexity index is 2410. The average molecular weight is 953 g/mol. The molecule has 7 rings (SSSR count). The summed E-state index contributed by atoms with van der Waals surface area (Å²) in [4.78, 5) is 63.4. The Labute approximate surface area is 394 Å². The van der Waals surface area contributed by atoms with Gasteiger partial charge in [-0.2, -0.15) is 5.10 Å². The third kappa shape index (κ3) is 17.7. The molecule has 2 saturated heterocycles. The second-order valence-electron chi connectivity index (χ2n) is 15.3. The Morgan fingerprint density at radius 3 is 1.92 bits per heavy atom. The fourth-order valence-corrected chi connectivity index (χ4v) is 7.40. The Morgan fingerprint density at radius 1 is 0.727 bits per heavy atom. The summed E-state index contributed by atoms with van der Waals surface area (Å²) >= 11 is 6.02. The summed E-state index contributed by atoms with van der Waals surface area (Å²) in [6.45, 7) is 10.8. The number of likely N-dealkylation sites (N-methyl/N-ethyl adjacent to an activating group) is 1. The van der Waals surface area contributed by atoms with Gasteiger partial charge in [0.2, 0.25) is 5.95 Å². The molecule has 0 amide bonds. The third-order valence-corrected chi connectivity index (χ3v) is 10.7. The van der Waals surface area contributed by atoms with Crippen LogP contribution in [0.2, 0.25) is 5.02 Å². The minimum absolute atomic E-state index is 0. The van der Waals surface area contributed by atoms with Crippen molar-refractivity contribution >= 4 is 75.6 Å². The predicted octanol–water partition coefficient (Wildman–Crippen LogP) is 6.36. The SMILES string of the molecule is CCOCCn1c(N2CCCN(C)CC2)nc2ccccc21.CN1CCCC(n2nc(Cc3ccc(Cl)cc3)c3ccccc3c2=O)CC1.Cl.O=C(O)/C=C/C(=O)O.O=C(O)/C=C/C(=O)O. The van der Waals surface area contributed by atoms with Crippen molar-refractivity contribution in [2.75, 3.05) is 71.5 Å². The molecule has 3 aromatic carbocycles. The van der Waals surface area contributed by atoms with Crippen molar-refractivity contribution in [2.24, 2.45) is 0 Å². The average Bonchev–Trinajstić information content (AvgIpc) is 3.37. The van der Waals surface area contributed by atoms with E-state index in [0.29, 0.717) is 30.7 Å². The molecule has 2 aromatic heterocycles. The van der Waals surface area contributed by atoms with E-state index in [1.807, 2.05) is 55.5 Å². The number of anilines is 1. The van der Waals surface area contributed by atoms with Crippen molar-refractivity contribution in [3.63, 3.8) is 0 Å². The quantitative estimate of drug-likeness (QED) is 0.0790. The first-order valence-corrected chi connectivity index (χ1v) is 21.7. The molecule has 2 fully saturated rings. The summed E-state index contributed by atoms with van der Waals surface area (Å²) in [5, 5.41) is 38.5. The van der Waals surface area contributed by atoms with Crippen LogP contribution in [-0.4, -0.2) is 140 Å². The number of aromatic nitrogens is 4. The number of hydrogen-bond donors (Lipinski definition) is 4. The third-order valence-electron chi connectivity index (χ3n) is 10.5. The number of carboxylic acids is 4. The van der Waals surface area contributed by atoms with Crippen molar-refractivity contribution < 1.29 is 44.3 Å². The summed E-state index contributed by atoms with van der Waals surface area (Å²) in [5.41, 5.74) is 4.40. The summed E-state index contributed by atoms with van der Waals surface area (Å²) in [7, 11) is 4.34. The number of fused-ring (bicyclic) bond motifs is 2. The maximum atomic E-state index is 13.1. The van der Waals surface area contributed by atoms with E-state index in [0.717, 1.165) is 117 Å². The molecule has 17 nitrogen and oxygen atoms in total. The standard InChI is InChI=1S/C22H24ClN3O.C17H26N4O.2C4H4O4.ClH/c1-25-13-4-5-18(12-14-25)26-22(27)20-7-3-2-6-19(20)21(24-26)15-16-8-10-17(23)11-9-16;1-3-22-14-13-21-16-8-5-4-7-15(16)18-17(21)20-10-6-9-19(2)11-12-20;2*5-3(6)1-2-4(7)8;/h2-3,6-11,18H,4-5,12-15H2,1H3;4-5,7-8H,3,6,9-14H2,1-2H3;2*1-2H,(H,5,6)(H,7,8);1H/b;;2*2-1+;. The highest BCUT2D eigenvalue weighted by atomic mass is 35.5. The molecule has 5 aromatic rings. The summed E-state index contributed by atoms with van der Waals surface area (Å²) in [5.74, 6) is -3.93. The van der Waals surface area contributed by atoms with E-state index < -0.39 is 23.9 Å². The van der Waals surface area contributed by atoms with Gasteiger partial charge in [-0.05, 0) is 102 Å². The summed E-state index contributed by atoms with van der Waals surface area (Å²) in [6, 6.07) is 24.2. The number of halogens is 2. The van der Waals surface area contributed by atoms with E-state index >= 15 is 0 Å². The zero-order valence-electron chi connectivity index (χ0n) is 37.4. The van der Waals surface area contributed by atoms with Crippen molar-refractivity contribution in [3.8, 4) is 0 Å². The monoisotopic (exact) mass is 951 g/mol. The predicted molar refractivity (Wildman–Crippen MR) is 257 cm³/mol. The van der Waals surface area contributed by atoms with Crippen molar-refractivity contribution in [1.29, 1.82) is 0 Å². The largest absolute Gasteiger partial charge is 0.478 e. The van der Waals surface area contributed by atoms with Gasteiger partial charge in [0.25, 0.3) is 5.56 Å². The van der Waals surface area contributed by atoms with Crippen LogP contribution in [0, 0.1) is 0 Å². The number of ether oxygens (including phenoxy) is 1. The lowest BCUT2D eigenvalue weighted by Crippen LogP contribution is -2.31. The van der Waals surface area contributed by atoms with Gasteiger partial charge in [-0.15, -0.1) is 12.4 Å². The van der Waals surface area contributed by atoms with Gasteiger partial charge in [0.05, 0.1) is 34.8 Å². The molecule has 356 valence electrons. The smallest absolute Gasteiger partial charge is 0.328 e. The summed E-state index contributed by atoms with van der Waals surface area (Å²) in [6.07, 6.45) is 7.15. The topological polar surface area (TPSA) is 221 Å². The van der Waals surface area contributed by atoms with Crippen LogP contribution in [0.5, 0.6) is 0 Å². The molecule has 0 aliphatic carbocycles. The molecule has 2 aliphatic rings. The molecule has 1 unspecified atom stereocenters. The zero-order chi connectivity index (χ0) is 47.3. The zero-order valence-corrected chi connectivity index (χ0v) is 38.9. The first kappa shape index (κ1) is 54.2.